The van der Waals surface area contributed by atoms with Gasteiger partial charge in [-0.2, -0.15) is 4.31 Å². The predicted octanol–water partition coefficient (Wildman–Crippen LogP) is 2.40. The van der Waals surface area contributed by atoms with Gasteiger partial charge in [0.1, 0.15) is 6.61 Å². The number of ether oxygens (including phenoxy) is 3. The Morgan fingerprint density at radius 1 is 1.03 bits per heavy atom. The van der Waals surface area contributed by atoms with Gasteiger partial charge in [0.15, 0.2) is 17.6 Å². The van der Waals surface area contributed by atoms with Crippen LogP contribution in [0.2, 0.25) is 0 Å². The lowest BCUT2D eigenvalue weighted by Crippen LogP contribution is -2.48. The van der Waals surface area contributed by atoms with Gasteiger partial charge in [-0.25, -0.2) is 8.42 Å². The first kappa shape index (κ1) is 22.6. The molecule has 4 rings (SSSR count). The molecule has 3 atom stereocenters. The van der Waals surface area contributed by atoms with Gasteiger partial charge in [0.05, 0.1) is 23.6 Å². The molecule has 2 aliphatic rings. The van der Waals surface area contributed by atoms with E-state index in [4.69, 9.17) is 14.2 Å². The van der Waals surface area contributed by atoms with Crippen molar-refractivity contribution in [2.75, 3.05) is 33.3 Å². The summed E-state index contributed by atoms with van der Waals surface area (Å²) >= 11 is 0. The van der Waals surface area contributed by atoms with Crippen LogP contribution in [0.5, 0.6) is 11.5 Å². The molecule has 0 aliphatic carbocycles. The number of morpholine rings is 1. The van der Waals surface area contributed by atoms with Gasteiger partial charge in [-0.15, -0.1) is 0 Å². The summed E-state index contributed by atoms with van der Waals surface area (Å²) in [5.41, 5.74) is 0.410. The molecular weight excluding hydrogens is 432 g/mol. The summed E-state index contributed by atoms with van der Waals surface area (Å²) in [6, 6.07) is 13.5. The van der Waals surface area contributed by atoms with E-state index in [1.54, 1.807) is 24.1 Å². The lowest BCUT2D eigenvalue weighted by atomic mass is 10.2. The van der Waals surface area contributed by atoms with Crippen LogP contribution < -0.4 is 9.47 Å². The second kappa shape index (κ2) is 9.09. The van der Waals surface area contributed by atoms with E-state index in [1.807, 2.05) is 38.1 Å². The zero-order valence-electron chi connectivity index (χ0n) is 18.4. The maximum absolute atomic E-state index is 13.0. The summed E-state index contributed by atoms with van der Waals surface area (Å²) in [7, 11) is -1.96. The number of fused-ring (bicyclic) bond motifs is 1. The highest BCUT2D eigenvalue weighted by Gasteiger charge is 2.32. The molecule has 0 bridgehead atoms. The number of sulfonamides is 1. The van der Waals surface area contributed by atoms with Crippen LogP contribution in [-0.2, 0) is 14.8 Å². The molecule has 2 aliphatic heterocycles. The highest BCUT2D eigenvalue weighted by Crippen LogP contribution is 2.31. The van der Waals surface area contributed by atoms with E-state index >= 15 is 0 Å². The van der Waals surface area contributed by atoms with Crippen LogP contribution in [0.25, 0.3) is 0 Å². The number of para-hydroxylation sites is 2. The van der Waals surface area contributed by atoms with Gasteiger partial charge in [0.2, 0.25) is 10.0 Å². The van der Waals surface area contributed by atoms with Crippen LogP contribution >= 0.6 is 0 Å². The van der Waals surface area contributed by atoms with Crippen molar-refractivity contribution in [2.24, 2.45) is 0 Å². The molecule has 1 fully saturated rings. The van der Waals surface area contributed by atoms with Crippen molar-refractivity contribution >= 4 is 15.9 Å². The van der Waals surface area contributed by atoms with Crippen molar-refractivity contribution in [1.82, 2.24) is 9.21 Å². The standard InChI is InChI=1S/C23H28N2O6S/c1-16-12-25(13-17(2)30-16)32(27,28)20-10-8-18(9-11-20)23(26)24(3)14-19-15-29-21-6-4-5-7-22(21)31-19/h4-11,16-17,19H,12-15H2,1-3H3/t16-,17+,19-/m0/s1. The molecule has 2 aromatic carbocycles. The zero-order chi connectivity index (χ0) is 22.9. The third-order valence-electron chi connectivity index (χ3n) is 5.52. The maximum atomic E-state index is 13.0. The molecule has 8 nitrogen and oxygen atoms in total. The number of carbonyl (C=O) groups excluding carboxylic acids is 1. The summed E-state index contributed by atoms with van der Waals surface area (Å²) in [6.07, 6.45) is -0.620. The smallest absolute Gasteiger partial charge is 0.253 e. The normalized spacial score (nSPS) is 23.5. The Morgan fingerprint density at radius 3 is 2.31 bits per heavy atom. The number of rotatable bonds is 5. The minimum absolute atomic E-state index is 0.165. The molecule has 9 heteroatoms. The number of likely N-dealkylation sites (N-methyl/N-ethyl adjacent to an activating group) is 1. The van der Waals surface area contributed by atoms with E-state index < -0.39 is 10.0 Å². The van der Waals surface area contributed by atoms with Gasteiger partial charge in [-0.05, 0) is 50.2 Å². The molecule has 172 valence electrons. The predicted molar refractivity (Wildman–Crippen MR) is 119 cm³/mol. The van der Waals surface area contributed by atoms with Crippen LogP contribution in [0, 0.1) is 0 Å². The molecule has 0 spiro atoms. The number of carbonyl (C=O) groups is 1. The Balaban J connectivity index is 1.40. The third-order valence-corrected chi connectivity index (χ3v) is 7.36. The summed E-state index contributed by atoms with van der Waals surface area (Å²) in [6.45, 7) is 5.02. The number of hydrogen-bond donors (Lipinski definition) is 0. The van der Waals surface area contributed by atoms with E-state index in [1.165, 1.54) is 16.4 Å². The molecule has 0 N–H and O–H groups in total. The SMILES string of the molecule is C[C@@H]1CN(S(=O)(=O)c2ccc(C(=O)N(C)C[C@H]3COc4ccccc4O3)cc2)C[C@H](C)O1. The van der Waals surface area contributed by atoms with Gasteiger partial charge >= 0.3 is 0 Å². The number of benzene rings is 2. The summed E-state index contributed by atoms with van der Waals surface area (Å²) in [5.74, 6) is 1.13. The molecule has 0 aromatic heterocycles. The second-order valence-electron chi connectivity index (χ2n) is 8.29. The monoisotopic (exact) mass is 460 g/mol. The Labute approximate surface area is 188 Å². The zero-order valence-corrected chi connectivity index (χ0v) is 19.2. The first-order valence-electron chi connectivity index (χ1n) is 10.6. The summed E-state index contributed by atoms with van der Waals surface area (Å²) in [5, 5.41) is 0. The maximum Gasteiger partial charge on any atom is 0.253 e. The van der Waals surface area contributed by atoms with Gasteiger partial charge in [-0.3, -0.25) is 4.79 Å². The molecule has 0 saturated carbocycles. The van der Waals surface area contributed by atoms with Gasteiger partial charge in [-0.1, -0.05) is 12.1 Å². The first-order valence-corrected chi connectivity index (χ1v) is 12.1. The molecule has 1 saturated heterocycles. The molecule has 1 amide bonds. The molecule has 2 heterocycles. The molecule has 32 heavy (non-hydrogen) atoms. The van der Waals surface area contributed by atoms with Crippen molar-refractivity contribution in [3.05, 3.63) is 54.1 Å². The van der Waals surface area contributed by atoms with Crippen molar-refractivity contribution < 1.29 is 27.4 Å². The molecule has 2 aromatic rings. The minimum atomic E-state index is -3.65. The quantitative estimate of drug-likeness (QED) is 0.681. The fourth-order valence-corrected chi connectivity index (χ4v) is 5.60. The Kier molecular flexibility index (Phi) is 6.41. The van der Waals surface area contributed by atoms with Crippen molar-refractivity contribution in [3.8, 4) is 11.5 Å². The van der Waals surface area contributed by atoms with Gasteiger partial charge in [0.25, 0.3) is 5.91 Å². The topological polar surface area (TPSA) is 85.4 Å². The van der Waals surface area contributed by atoms with Crippen LogP contribution in [0.4, 0.5) is 0 Å². The highest BCUT2D eigenvalue weighted by atomic mass is 32.2. The Bertz CT molecular complexity index is 1060. The average molecular weight is 461 g/mol. The van der Waals surface area contributed by atoms with E-state index in [2.05, 4.69) is 0 Å². The number of nitrogens with zero attached hydrogens (tertiary/aromatic N) is 2. The van der Waals surface area contributed by atoms with Crippen LogP contribution in [0.1, 0.15) is 24.2 Å². The average Bonchev–Trinajstić information content (AvgIpc) is 2.78. The van der Waals surface area contributed by atoms with E-state index in [0.717, 1.165) is 0 Å². The van der Waals surface area contributed by atoms with Gasteiger partial charge in [0, 0.05) is 25.7 Å². The molecule has 0 unspecified atom stereocenters. The van der Waals surface area contributed by atoms with Crippen molar-refractivity contribution in [2.45, 2.75) is 37.1 Å². The van der Waals surface area contributed by atoms with E-state index in [-0.39, 0.29) is 29.1 Å². The van der Waals surface area contributed by atoms with E-state index in [9.17, 15) is 13.2 Å². The van der Waals surface area contributed by atoms with Crippen molar-refractivity contribution in [1.29, 1.82) is 0 Å². The van der Waals surface area contributed by atoms with Gasteiger partial charge < -0.3 is 19.1 Å². The first-order chi connectivity index (χ1) is 15.2. The fourth-order valence-electron chi connectivity index (χ4n) is 4.01. The van der Waals surface area contributed by atoms with Crippen LogP contribution in [0.3, 0.4) is 0 Å². The lowest BCUT2D eigenvalue weighted by molar-refractivity contribution is -0.0440. The third kappa shape index (κ3) is 4.74. The summed E-state index contributed by atoms with van der Waals surface area (Å²) in [4.78, 5) is 14.6. The van der Waals surface area contributed by atoms with Crippen molar-refractivity contribution in [3.63, 3.8) is 0 Å². The summed E-state index contributed by atoms with van der Waals surface area (Å²) < 4.78 is 44.7. The minimum Gasteiger partial charge on any atom is -0.486 e. The largest absolute Gasteiger partial charge is 0.486 e. The van der Waals surface area contributed by atoms with E-state index in [0.29, 0.717) is 43.3 Å². The highest BCUT2D eigenvalue weighted by molar-refractivity contribution is 7.89. The van der Waals surface area contributed by atoms with Crippen LogP contribution in [-0.4, -0.2) is 75.1 Å². The van der Waals surface area contributed by atoms with Crippen LogP contribution in [0.15, 0.2) is 53.4 Å². The Morgan fingerprint density at radius 2 is 1.66 bits per heavy atom. The lowest BCUT2D eigenvalue weighted by Gasteiger charge is -2.34. The fraction of sp³-hybridized carbons (Fsp3) is 0.435. The molecular formula is C23H28N2O6S. The number of hydrogen-bond acceptors (Lipinski definition) is 6. The number of amides is 1. The second-order valence-corrected chi connectivity index (χ2v) is 10.2. The molecule has 0 radical (unpaired) electrons. The Hall–Kier alpha value is -2.62.